The van der Waals surface area contributed by atoms with E-state index in [4.69, 9.17) is 11.6 Å². The minimum absolute atomic E-state index is 0.729. The van der Waals surface area contributed by atoms with E-state index < -0.39 is 0 Å². The number of halogens is 2. The number of aromatic amines is 1. The number of aromatic nitrogens is 2. The first-order valence-electron chi connectivity index (χ1n) is 4.76. The first kappa shape index (κ1) is 11.5. The van der Waals surface area contributed by atoms with Gasteiger partial charge in [-0.1, -0.05) is 23.7 Å². The van der Waals surface area contributed by atoms with E-state index in [2.05, 4.69) is 26.1 Å². The Labute approximate surface area is 108 Å². The van der Waals surface area contributed by atoms with Crippen LogP contribution in [-0.4, -0.2) is 24.3 Å². The smallest absolute Gasteiger partial charge is 0.164 e. The second kappa shape index (κ2) is 4.47. The molecular weight excluding hydrogens is 289 g/mol. The Hall–Kier alpha value is -1.000. The van der Waals surface area contributed by atoms with Crippen molar-refractivity contribution in [3.63, 3.8) is 0 Å². The number of anilines is 1. The van der Waals surface area contributed by atoms with E-state index in [1.807, 2.05) is 43.3 Å². The van der Waals surface area contributed by atoms with E-state index in [1.54, 1.807) is 0 Å². The van der Waals surface area contributed by atoms with Crippen LogP contribution in [0, 0.1) is 0 Å². The molecule has 1 aromatic heterocycles. The molecule has 1 heterocycles. The molecule has 0 aliphatic rings. The van der Waals surface area contributed by atoms with E-state index in [1.165, 1.54) is 0 Å². The Kier molecular flexibility index (Phi) is 3.21. The highest BCUT2D eigenvalue weighted by Gasteiger charge is 2.13. The minimum atomic E-state index is 0.729. The summed E-state index contributed by atoms with van der Waals surface area (Å²) >= 11 is 9.39. The summed E-state index contributed by atoms with van der Waals surface area (Å²) in [4.78, 5) is 1.94. The predicted molar refractivity (Wildman–Crippen MR) is 71.1 cm³/mol. The molecule has 1 N–H and O–H groups in total. The molecule has 5 heteroatoms. The summed E-state index contributed by atoms with van der Waals surface area (Å²) < 4.78 is 0.958. The van der Waals surface area contributed by atoms with Crippen molar-refractivity contribution in [2.24, 2.45) is 0 Å². The predicted octanol–water partition coefficient (Wildman–Crippen LogP) is 3.56. The summed E-state index contributed by atoms with van der Waals surface area (Å²) in [5.74, 6) is 0.880. The molecule has 2 aromatic rings. The fourth-order valence-corrected chi connectivity index (χ4v) is 2.31. The molecule has 1 aromatic carbocycles. The van der Waals surface area contributed by atoms with Gasteiger partial charge in [-0.2, -0.15) is 5.10 Å². The fraction of sp³-hybridized carbons (Fsp3) is 0.182. The van der Waals surface area contributed by atoms with Gasteiger partial charge >= 0.3 is 0 Å². The number of benzene rings is 1. The molecule has 0 amide bonds. The number of H-pyrrole nitrogens is 1. The standard InChI is InChI=1S/C11H11BrClN3/c1-16(2)11-9(12)10(14-15-11)7-3-5-8(13)6-4-7/h3-6H,1-2H3,(H,14,15). The first-order chi connectivity index (χ1) is 7.59. The van der Waals surface area contributed by atoms with Crippen LogP contribution in [0.25, 0.3) is 11.3 Å². The summed E-state index contributed by atoms with van der Waals surface area (Å²) in [6.45, 7) is 0. The topological polar surface area (TPSA) is 31.9 Å². The van der Waals surface area contributed by atoms with Crippen LogP contribution in [0.15, 0.2) is 28.7 Å². The van der Waals surface area contributed by atoms with Gasteiger partial charge in [-0.25, -0.2) is 0 Å². The molecule has 16 heavy (non-hydrogen) atoms. The number of hydrogen-bond acceptors (Lipinski definition) is 2. The third kappa shape index (κ3) is 2.08. The molecule has 0 aliphatic heterocycles. The lowest BCUT2D eigenvalue weighted by atomic mass is 10.1. The second-order valence-corrected chi connectivity index (χ2v) is 4.87. The summed E-state index contributed by atoms with van der Waals surface area (Å²) in [6, 6.07) is 7.64. The lowest BCUT2D eigenvalue weighted by Crippen LogP contribution is -2.09. The monoisotopic (exact) mass is 299 g/mol. The molecule has 0 fully saturated rings. The van der Waals surface area contributed by atoms with E-state index in [9.17, 15) is 0 Å². The SMILES string of the molecule is CN(C)c1n[nH]c(-c2ccc(Cl)cc2)c1Br. The van der Waals surface area contributed by atoms with E-state index in [0.717, 1.165) is 26.6 Å². The van der Waals surface area contributed by atoms with E-state index in [0.29, 0.717) is 0 Å². The molecule has 0 atom stereocenters. The van der Waals surface area contributed by atoms with Crippen LogP contribution in [0.3, 0.4) is 0 Å². The highest BCUT2D eigenvalue weighted by molar-refractivity contribution is 9.10. The van der Waals surface area contributed by atoms with Gasteiger partial charge in [-0.15, -0.1) is 0 Å². The van der Waals surface area contributed by atoms with Crippen molar-refractivity contribution in [2.75, 3.05) is 19.0 Å². The molecule has 0 spiro atoms. The Morgan fingerprint density at radius 3 is 2.38 bits per heavy atom. The Morgan fingerprint density at radius 1 is 1.25 bits per heavy atom. The van der Waals surface area contributed by atoms with Crippen LogP contribution in [0.2, 0.25) is 5.02 Å². The number of nitrogens with one attached hydrogen (secondary N) is 1. The Bertz CT molecular complexity index is 490. The van der Waals surface area contributed by atoms with Crippen LogP contribution >= 0.6 is 27.5 Å². The molecular formula is C11H11BrClN3. The van der Waals surface area contributed by atoms with Gasteiger partial charge in [0.15, 0.2) is 5.82 Å². The van der Waals surface area contributed by atoms with Crippen molar-refractivity contribution in [3.8, 4) is 11.3 Å². The van der Waals surface area contributed by atoms with Gasteiger partial charge in [0.05, 0.1) is 10.2 Å². The minimum Gasteiger partial charge on any atom is -0.360 e. The van der Waals surface area contributed by atoms with Crippen molar-refractivity contribution in [2.45, 2.75) is 0 Å². The van der Waals surface area contributed by atoms with Crippen molar-refractivity contribution in [1.82, 2.24) is 10.2 Å². The summed E-state index contributed by atoms with van der Waals surface area (Å²) in [5.41, 5.74) is 2.01. The van der Waals surface area contributed by atoms with Crippen molar-refractivity contribution in [1.29, 1.82) is 0 Å². The largest absolute Gasteiger partial charge is 0.360 e. The Morgan fingerprint density at radius 2 is 1.88 bits per heavy atom. The molecule has 0 aliphatic carbocycles. The van der Waals surface area contributed by atoms with Crippen molar-refractivity contribution in [3.05, 3.63) is 33.8 Å². The molecule has 0 saturated carbocycles. The summed E-state index contributed by atoms with van der Waals surface area (Å²) in [6.07, 6.45) is 0. The first-order valence-corrected chi connectivity index (χ1v) is 5.94. The summed E-state index contributed by atoms with van der Waals surface area (Å²) in [7, 11) is 3.90. The average Bonchev–Trinajstić information content (AvgIpc) is 2.61. The molecule has 2 rings (SSSR count). The van der Waals surface area contributed by atoms with Gasteiger partial charge in [0.25, 0.3) is 0 Å². The zero-order chi connectivity index (χ0) is 11.7. The van der Waals surface area contributed by atoms with Crippen molar-refractivity contribution < 1.29 is 0 Å². The van der Waals surface area contributed by atoms with E-state index in [-0.39, 0.29) is 0 Å². The van der Waals surface area contributed by atoms with Gasteiger partial charge in [0.1, 0.15) is 0 Å². The second-order valence-electron chi connectivity index (χ2n) is 3.64. The zero-order valence-electron chi connectivity index (χ0n) is 8.96. The third-order valence-corrected chi connectivity index (χ3v) is 3.25. The van der Waals surface area contributed by atoms with Gasteiger partial charge in [0.2, 0.25) is 0 Å². The zero-order valence-corrected chi connectivity index (χ0v) is 11.3. The highest BCUT2D eigenvalue weighted by atomic mass is 79.9. The van der Waals surface area contributed by atoms with Crippen LogP contribution < -0.4 is 4.90 Å². The van der Waals surface area contributed by atoms with Gasteiger partial charge in [-0.3, -0.25) is 5.10 Å². The molecule has 0 radical (unpaired) electrons. The molecule has 0 bridgehead atoms. The quantitative estimate of drug-likeness (QED) is 0.919. The fourth-order valence-electron chi connectivity index (χ4n) is 1.42. The van der Waals surface area contributed by atoms with Crippen LogP contribution in [-0.2, 0) is 0 Å². The molecule has 0 saturated heterocycles. The summed E-state index contributed by atoms with van der Waals surface area (Å²) in [5, 5.41) is 7.97. The lowest BCUT2D eigenvalue weighted by molar-refractivity contribution is 1.01. The number of hydrogen-bond donors (Lipinski definition) is 1. The van der Waals surface area contributed by atoms with E-state index >= 15 is 0 Å². The third-order valence-electron chi connectivity index (χ3n) is 2.25. The van der Waals surface area contributed by atoms with Gasteiger partial charge in [0, 0.05) is 24.7 Å². The molecule has 0 unspecified atom stereocenters. The molecule has 3 nitrogen and oxygen atoms in total. The van der Waals surface area contributed by atoms with Crippen LogP contribution in [0.5, 0.6) is 0 Å². The molecule has 84 valence electrons. The maximum absolute atomic E-state index is 5.85. The maximum Gasteiger partial charge on any atom is 0.164 e. The van der Waals surface area contributed by atoms with Crippen LogP contribution in [0.4, 0.5) is 5.82 Å². The average molecular weight is 301 g/mol. The number of rotatable bonds is 2. The number of nitrogens with zero attached hydrogens (tertiary/aromatic N) is 2. The normalized spacial score (nSPS) is 10.5. The lowest BCUT2D eigenvalue weighted by Gasteiger charge is -2.08. The van der Waals surface area contributed by atoms with Gasteiger partial charge < -0.3 is 4.90 Å². The maximum atomic E-state index is 5.85. The van der Waals surface area contributed by atoms with Crippen molar-refractivity contribution >= 4 is 33.3 Å². The van der Waals surface area contributed by atoms with Crippen LogP contribution in [0.1, 0.15) is 0 Å². The van der Waals surface area contributed by atoms with Gasteiger partial charge in [-0.05, 0) is 28.1 Å². The highest BCUT2D eigenvalue weighted by Crippen LogP contribution is 2.33. The Balaban J connectivity index is 2.45.